The van der Waals surface area contributed by atoms with E-state index in [1.165, 1.54) is 25.7 Å². The van der Waals surface area contributed by atoms with Crippen LogP contribution in [0.4, 0.5) is 0 Å². The number of phenolic OH excluding ortho intramolecular Hbond substituents is 1. The standard InChI is InChI=1S/C31H54O7/c1-5-6-7-8-26-22-29(33)31(28-21-25(4)9-10-27(28)24(2)3)30(23-26)38-20-19-37-18-17-36-16-15-35-14-13-34-12-11-32/h22-25,27-28,32-33H,5-21H2,1-4H3/t25-,27+,28-/m1/s1. The number of aliphatic hydroxyl groups is 1. The van der Waals surface area contributed by atoms with E-state index in [-0.39, 0.29) is 6.61 Å². The van der Waals surface area contributed by atoms with Crippen LogP contribution in [-0.2, 0) is 25.4 Å². The highest BCUT2D eigenvalue weighted by Gasteiger charge is 2.35. The van der Waals surface area contributed by atoms with Crippen LogP contribution in [0.5, 0.6) is 11.5 Å². The molecule has 1 fully saturated rings. The Balaban J connectivity index is 1.85. The number of aryl methyl sites for hydroxylation is 1. The van der Waals surface area contributed by atoms with Crippen molar-refractivity contribution in [2.24, 2.45) is 17.8 Å². The van der Waals surface area contributed by atoms with E-state index in [0.717, 1.165) is 36.1 Å². The summed E-state index contributed by atoms with van der Waals surface area (Å²) in [5.74, 6) is 3.32. The van der Waals surface area contributed by atoms with Gasteiger partial charge in [-0.3, -0.25) is 0 Å². The predicted octanol–water partition coefficient (Wildman–Crippen LogP) is 5.74. The lowest BCUT2D eigenvalue weighted by Gasteiger charge is -2.38. The number of phenols is 1. The first-order valence-corrected chi connectivity index (χ1v) is 14.9. The molecule has 0 radical (unpaired) electrons. The summed E-state index contributed by atoms with van der Waals surface area (Å²) in [5, 5.41) is 19.9. The van der Waals surface area contributed by atoms with Crippen LogP contribution in [0.1, 0.15) is 83.3 Å². The molecule has 1 aliphatic carbocycles. The second kappa shape index (κ2) is 19.6. The van der Waals surface area contributed by atoms with Gasteiger partial charge in [-0.2, -0.15) is 0 Å². The molecule has 220 valence electrons. The first-order valence-electron chi connectivity index (χ1n) is 14.9. The van der Waals surface area contributed by atoms with Crippen LogP contribution in [0, 0.1) is 17.8 Å². The number of aliphatic hydroxyl groups excluding tert-OH is 1. The van der Waals surface area contributed by atoms with Crippen LogP contribution in [0.2, 0.25) is 0 Å². The molecule has 0 aromatic heterocycles. The van der Waals surface area contributed by atoms with Crippen molar-refractivity contribution in [2.45, 2.75) is 78.6 Å². The summed E-state index contributed by atoms with van der Waals surface area (Å²) < 4.78 is 28.1. The Kier molecular flexibility index (Phi) is 17.0. The van der Waals surface area contributed by atoms with Crippen LogP contribution in [0.3, 0.4) is 0 Å². The van der Waals surface area contributed by atoms with Crippen LogP contribution in [-0.4, -0.2) is 76.3 Å². The molecule has 7 nitrogen and oxygen atoms in total. The maximum atomic E-state index is 11.2. The molecule has 1 aliphatic rings. The van der Waals surface area contributed by atoms with Crippen molar-refractivity contribution in [3.8, 4) is 11.5 Å². The number of aromatic hydroxyl groups is 1. The van der Waals surface area contributed by atoms with E-state index < -0.39 is 0 Å². The normalized spacial score (nSPS) is 19.8. The molecule has 2 rings (SSSR count). The maximum absolute atomic E-state index is 11.2. The number of benzene rings is 1. The Hall–Kier alpha value is -1.38. The van der Waals surface area contributed by atoms with E-state index in [0.29, 0.717) is 88.9 Å². The van der Waals surface area contributed by atoms with Crippen LogP contribution < -0.4 is 4.74 Å². The number of unbranched alkanes of at least 4 members (excludes halogenated alkanes) is 2. The lowest BCUT2D eigenvalue weighted by Crippen LogP contribution is -2.26. The summed E-state index contributed by atoms with van der Waals surface area (Å²) in [7, 11) is 0. The van der Waals surface area contributed by atoms with Gasteiger partial charge in [0.05, 0.1) is 59.5 Å². The molecule has 0 amide bonds. The molecule has 1 saturated carbocycles. The number of hydrogen-bond donors (Lipinski definition) is 2. The molecule has 0 saturated heterocycles. The smallest absolute Gasteiger partial charge is 0.126 e. The highest BCUT2D eigenvalue weighted by atomic mass is 16.6. The first kappa shape index (κ1) is 32.8. The third-order valence-corrected chi connectivity index (χ3v) is 7.48. The molecule has 1 aromatic rings. The molecule has 0 spiro atoms. The predicted molar refractivity (Wildman–Crippen MR) is 151 cm³/mol. The number of ether oxygens (including phenoxy) is 5. The minimum Gasteiger partial charge on any atom is -0.508 e. The first-order chi connectivity index (χ1) is 18.5. The average Bonchev–Trinajstić information content (AvgIpc) is 2.88. The SMILES string of the molecule is CCCCCc1cc(O)c([C@@H]2C[C@H](C)CC[C@H]2C(C)C)c(OCCOCCOCCOCCOCCO)c1. The molecule has 2 N–H and O–H groups in total. The van der Waals surface area contributed by atoms with E-state index in [1.54, 1.807) is 0 Å². The zero-order valence-corrected chi connectivity index (χ0v) is 24.4. The lowest BCUT2D eigenvalue weighted by molar-refractivity contribution is -0.00785. The van der Waals surface area contributed by atoms with Crippen molar-refractivity contribution < 1.29 is 33.9 Å². The molecule has 1 aromatic carbocycles. The molecule has 3 atom stereocenters. The van der Waals surface area contributed by atoms with Gasteiger partial charge >= 0.3 is 0 Å². The van der Waals surface area contributed by atoms with E-state index >= 15 is 0 Å². The second-order valence-corrected chi connectivity index (χ2v) is 10.9. The summed E-state index contributed by atoms with van der Waals surface area (Å²) in [4.78, 5) is 0. The Morgan fingerprint density at radius 1 is 0.842 bits per heavy atom. The third kappa shape index (κ3) is 12.2. The molecule has 0 aliphatic heterocycles. The fraction of sp³-hybridized carbons (Fsp3) is 0.806. The van der Waals surface area contributed by atoms with Crippen LogP contribution in [0.25, 0.3) is 0 Å². The van der Waals surface area contributed by atoms with Crippen LogP contribution >= 0.6 is 0 Å². The average molecular weight is 539 g/mol. The van der Waals surface area contributed by atoms with Crippen molar-refractivity contribution in [2.75, 3.05) is 66.1 Å². The molecule has 7 heteroatoms. The van der Waals surface area contributed by atoms with E-state index in [2.05, 4.69) is 33.8 Å². The minimum atomic E-state index is 0.0294. The molecule has 0 bridgehead atoms. The van der Waals surface area contributed by atoms with Gasteiger partial charge in [0.1, 0.15) is 18.1 Å². The Morgan fingerprint density at radius 3 is 2.03 bits per heavy atom. The third-order valence-electron chi connectivity index (χ3n) is 7.48. The summed E-state index contributed by atoms with van der Waals surface area (Å²) in [6, 6.07) is 4.15. The van der Waals surface area contributed by atoms with Crippen molar-refractivity contribution in [3.05, 3.63) is 23.3 Å². The zero-order valence-electron chi connectivity index (χ0n) is 24.4. The Bertz CT molecular complexity index is 739. The fourth-order valence-corrected chi connectivity index (χ4v) is 5.45. The van der Waals surface area contributed by atoms with Gasteiger partial charge < -0.3 is 33.9 Å². The fourth-order valence-electron chi connectivity index (χ4n) is 5.45. The molecule has 0 unspecified atom stereocenters. The molecule has 0 heterocycles. The quantitative estimate of drug-likeness (QED) is 0.193. The zero-order chi connectivity index (χ0) is 27.6. The molecular weight excluding hydrogens is 484 g/mol. The van der Waals surface area contributed by atoms with Crippen molar-refractivity contribution in [3.63, 3.8) is 0 Å². The van der Waals surface area contributed by atoms with E-state index in [9.17, 15) is 5.11 Å². The molecular formula is C31H54O7. The largest absolute Gasteiger partial charge is 0.508 e. The lowest BCUT2D eigenvalue weighted by atomic mass is 9.67. The van der Waals surface area contributed by atoms with Gasteiger partial charge in [0.25, 0.3) is 0 Å². The highest BCUT2D eigenvalue weighted by molar-refractivity contribution is 5.50. The summed E-state index contributed by atoms with van der Waals surface area (Å²) in [6.45, 7) is 13.4. The monoisotopic (exact) mass is 538 g/mol. The van der Waals surface area contributed by atoms with E-state index in [1.807, 2.05) is 6.07 Å². The van der Waals surface area contributed by atoms with Crippen molar-refractivity contribution in [1.82, 2.24) is 0 Å². The van der Waals surface area contributed by atoms with Gasteiger partial charge in [-0.05, 0) is 67.1 Å². The highest BCUT2D eigenvalue weighted by Crippen LogP contribution is 2.49. The second-order valence-electron chi connectivity index (χ2n) is 10.9. The number of rotatable bonds is 21. The van der Waals surface area contributed by atoms with Gasteiger partial charge in [0.2, 0.25) is 0 Å². The minimum absolute atomic E-state index is 0.0294. The van der Waals surface area contributed by atoms with Gasteiger partial charge in [0.15, 0.2) is 0 Å². The van der Waals surface area contributed by atoms with E-state index in [4.69, 9.17) is 28.8 Å². The van der Waals surface area contributed by atoms with Crippen molar-refractivity contribution in [1.29, 1.82) is 0 Å². The van der Waals surface area contributed by atoms with Gasteiger partial charge in [0, 0.05) is 5.56 Å². The Morgan fingerprint density at radius 2 is 1.45 bits per heavy atom. The van der Waals surface area contributed by atoms with Gasteiger partial charge in [-0.25, -0.2) is 0 Å². The summed E-state index contributed by atoms with van der Waals surface area (Å²) in [6.07, 6.45) is 8.00. The molecule has 38 heavy (non-hydrogen) atoms. The summed E-state index contributed by atoms with van der Waals surface area (Å²) >= 11 is 0. The summed E-state index contributed by atoms with van der Waals surface area (Å²) in [5.41, 5.74) is 2.15. The van der Waals surface area contributed by atoms with Crippen molar-refractivity contribution >= 4 is 0 Å². The maximum Gasteiger partial charge on any atom is 0.126 e. The van der Waals surface area contributed by atoms with Crippen LogP contribution in [0.15, 0.2) is 12.1 Å². The van der Waals surface area contributed by atoms with Gasteiger partial charge in [-0.15, -0.1) is 0 Å². The number of hydrogen-bond acceptors (Lipinski definition) is 7. The van der Waals surface area contributed by atoms with Gasteiger partial charge in [-0.1, -0.05) is 47.0 Å². The Labute approximate surface area is 231 Å². The topological polar surface area (TPSA) is 86.6 Å².